The Labute approximate surface area is 164 Å². The first-order valence-electron chi connectivity index (χ1n) is 8.59. The first-order valence-corrected chi connectivity index (χ1v) is 9.47. The summed E-state index contributed by atoms with van der Waals surface area (Å²) in [5, 5.41) is 2.57. The summed E-state index contributed by atoms with van der Waals surface area (Å²) >= 11 is 1.43. The number of ether oxygens (including phenoxy) is 1. The Balaban J connectivity index is 1.41. The molecule has 8 heteroatoms. The number of pyridine rings is 2. The Hall–Kier alpha value is -3.39. The highest BCUT2D eigenvalue weighted by molar-refractivity contribution is 7.13. The zero-order valence-corrected chi connectivity index (χ0v) is 15.8. The first-order chi connectivity index (χ1) is 13.6. The molecule has 0 unspecified atom stereocenters. The van der Waals surface area contributed by atoms with Gasteiger partial charge in [0.05, 0.1) is 23.5 Å². The fraction of sp³-hybridized carbons (Fsp3) is 0.150. The zero-order chi connectivity index (χ0) is 19.5. The third-order valence-corrected chi connectivity index (χ3v) is 4.92. The van der Waals surface area contributed by atoms with E-state index >= 15 is 0 Å². The molecule has 0 aliphatic heterocycles. The van der Waals surface area contributed by atoms with Crippen molar-refractivity contribution in [2.45, 2.75) is 20.0 Å². The van der Waals surface area contributed by atoms with Crippen molar-refractivity contribution in [2.24, 2.45) is 0 Å². The van der Waals surface area contributed by atoms with E-state index in [1.54, 1.807) is 18.5 Å². The van der Waals surface area contributed by atoms with E-state index < -0.39 is 5.97 Å². The normalized spacial score (nSPS) is 10.9. The average Bonchev–Trinajstić information content (AvgIpc) is 3.16. The SMILES string of the molecule is Cc1ccc2nc(COC(=O)Cc3csc(-c4ccccn4)n3)cc(=O)n2c1. The van der Waals surface area contributed by atoms with Crippen LogP contribution >= 0.6 is 11.3 Å². The second-order valence-electron chi connectivity index (χ2n) is 6.22. The van der Waals surface area contributed by atoms with Gasteiger partial charge in [0.15, 0.2) is 0 Å². The fourth-order valence-corrected chi connectivity index (χ4v) is 3.48. The maximum atomic E-state index is 12.2. The average molecular weight is 392 g/mol. The molecule has 0 amide bonds. The van der Waals surface area contributed by atoms with Crippen molar-refractivity contribution in [3.8, 4) is 10.7 Å². The van der Waals surface area contributed by atoms with Crippen LogP contribution in [0.2, 0.25) is 0 Å². The maximum Gasteiger partial charge on any atom is 0.312 e. The highest BCUT2D eigenvalue weighted by atomic mass is 32.1. The molecule has 0 fully saturated rings. The lowest BCUT2D eigenvalue weighted by molar-refractivity contribution is -0.144. The Morgan fingerprint density at radius 2 is 2.07 bits per heavy atom. The molecule has 28 heavy (non-hydrogen) atoms. The molecule has 4 heterocycles. The van der Waals surface area contributed by atoms with E-state index in [1.807, 2.05) is 36.6 Å². The predicted octanol–water partition coefficient (Wildman–Crippen LogP) is 2.81. The monoisotopic (exact) mass is 392 g/mol. The van der Waals surface area contributed by atoms with Crippen molar-refractivity contribution in [3.05, 3.63) is 81.5 Å². The standard InChI is InChI=1S/C20H16N4O3S/c1-13-5-6-17-22-14(8-18(25)24(17)10-13)11-27-19(26)9-15-12-28-20(23-15)16-4-2-3-7-21-16/h2-8,10,12H,9,11H2,1H3. The number of aryl methyl sites for hydroxylation is 1. The Kier molecular flexibility index (Phi) is 4.94. The van der Waals surface area contributed by atoms with Gasteiger partial charge < -0.3 is 4.74 Å². The largest absolute Gasteiger partial charge is 0.459 e. The van der Waals surface area contributed by atoms with Crippen molar-refractivity contribution in [3.63, 3.8) is 0 Å². The molecule has 0 atom stereocenters. The Morgan fingerprint density at radius 1 is 1.18 bits per heavy atom. The van der Waals surface area contributed by atoms with Gasteiger partial charge in [-0.05, 0) is 30.7 Å². The van der Waals surface area contributed by atoms with Gasteiger partial charge in [-0.1, -0.05) is 12.1 Å². The van der Waals surface area contributed by atoms with Crippen LogP contribution in [0.3, 0.4) is 0 Å². The van der Waals surface area contributed by atoms with Crippen molar-refractivity contribution in [1.29, 1.82) is 0 Å². The van der Waals surface area contributed by atoms with Gasteiger partial charge in [-0.3, -0.25) is 19.0 Å². The van der Waals surface area contributed by atoms with E-state index in [0.717, 1.165) is 16.3 Å². The second kappa shape index (κ2) is 7.69. The van der Waals surface area contributed by atoms with Crippen LogP contribution in [0.25, 0.3) is 16.3 Å². The van der Waals surface area contributed by atoms with Crippen LogP contribution in [0.15, 0.2) is 59.0 Å². The summed E-state index contributed by atoms with van der Waals surface area (Å²) < 4.78 is 6.74. The van der Waals surface area contributed by atoms with E-state index in [9.17, 15) is 9.59 Å². The Bertz CT molecular complexity index is 1200. The van der Waals surface area contributed by atoms with Gasteiger partial charge in [0.2, 0.25) is 0 Å². The number of carbonyl (C=O) groups is 1. The van der Waals surface area contributed by atoms with Crippen LogP contribution in [0.4, 0.5) is 0 Å². The minimum Gasteiger partial charge on any atom is -0.459 e. The lowest BCUT2D eigenvalue weighted by atomic mass is 10.3. The molecule has 0 saturated carbocycles. The molecule has 140 valence electrons. The van der Waals surface area contributed by atoms with Crippen LogP contribution in [-0.2, 0) is 22.6 Å². The van der Waals surface area contributed by atoms with Crippen LogP contribution in [-0.4, -0.2) is 25.3 Å². The van der Waals surface area contributed by atoms with Crippen LogP contribution in [0.1, 0.15) is 17.0 Å². The summed E-state index contributed by atoms with van der Waals surface area (Å²) in [6.45, 7) is 1.84. The molecule has 0 bridgehead atoms. The van der Waals surface area contributed by atoms with Crippen LogP contribution < -0.4 is 5.56 Å². The van der Waals surface area contributed by atoms with Crippen LogP contribution in [0.5, 0.6) is 0 Å². The fourth-order valence-electron chi connectivity index (χ4n) is 2.68. The molecular weight excluding hydrogens is 376 g/mol. The quantitative estimate of drug-likeness (QED) is 0.486. The number of nitrogens with zero attached hydrogens (tertiary/aromatic N) is 4. The molecule has 4 rings (SSSR count). The zero-order valence-electron chi connectivity index (χ0n) is 15.0. The van der Waals surface area contributed by atoms with E-state index in [-0.39, 0.29) is 18.6 Å². The lowest BCUT2D eigenvalue weighted by Crippen LogP contribution is -2.17. The summed E-state index contributed by atoms with van der Waals surface area (Å²) in [7, 11) is 0. The first kappa shape index (κ1) is 18.0. The number of thiazole rings is 1. The second-order valence-corrected chi connectivity index (χ2v) is 7.07. The lowest BCUT2D eigenvalue weighted by Gasteiger charge is -2.06. The summed E-state index contributed by atoms with van der Waals surface area (Å²) in [6.07, 6.45) is 3.47. The summed E-state index contributed by atoms with van der Waals surface area (Å²) in [6, 6.07) is 10.6. The summed E-state index contributed by atoms with van der Waals surface area (Å²) in [5.74, 6) is -0.427. The van der Waals surface area contributed by atoms with E-state index in [1.165, 1.54) is 21.8 Å². The number of rotatable bonds is 5. The van der Waals surface area contributed by atoms with Crippen LogP contribution in [0, 0.1) is 6.92 Å². The highest BCUT2D eigenvalue weighted by Gasteiger charge is 2.12. The van der Waals surface area contributed by atoms with Gasteiger partial charge in [-0.2, -0.15) is 0 Å². The summed E-state index contributed by atoms with van der Waals surface area (Å²) in [5.41, 5.74) is 3.07. The number of carbonyl (C=O) groups excluding carboxylic acids is 1. The third kappa shape index (κ3) is 3.96. The number of fused-ring (bicyclic) bond motifs is 1. The molecule has 0 aliphatic rings. The minimum absolute atomic E-state index is 0.0507. The Morgan fingerprint density at radius 3 is 2.89 bits per heavy atom. The highest BCUT2D eigenvalue weighted by Crippen LogP contribution is 2.21. The van der Waals surface area contributed by atoms with Crippen molar-refractivity contribution >= 4 is 23.0 Å². The molecule has 0 aromatic carbocycles. The number of aromatic nitrogens is 4. The van der Waals surface area contributed by atoms with Crippen molar-refractivity contribution < 1.29 is 9.53 Å². The molecule has 0 radical (unpaired) electrons. The van der Waals surface area contributed by atoms with Gasteiger partial charge in [0, 0.05) is 23.8 Å². The number of esters is 1. The molecular formula is C20H16N4O3S. The molecule has 4 aromatic heterocycles. The minimum atomic E-state index is -0.427. The van der Waals surface area contributed by atoms with Crippen molar-refractivity contribution in [2.75, 3.05) is 0 Å². The van der Waals surface area contributed by atoms with E-state index in [4.69, 9.17) is 4.74 Å². The van der Waals surface area contributed by atoms with Gasteiger partial charge >= 0.3 is 5.97 Å². The molecule has 0 N–H and O–H groups in total. The molecule has 4 aromatic rings. The van der Waals surface area contributed by atoms with E-state index in [0.29, 0.717) is 17.0 Å². The topological polar surface area (TPSA) is 86.4 Å². The van der Waals surface area contributed by atoms with E-state index in [2.05, 4.69) is 15.0 Å². The van der Waals surface area contributed by atoms with Gasteiger partial charge in [0.1, 0.15) is 17.3 Å². The number of hydrogen-bond acceptors (Lipinski definition) is 7. The van der Waals surface area contributed by atoms with Gasteiger partial charge in [-0.25, -0.2) is 9.97 Å². The predicted molar refractivity (Wildman–Crippen MR) is 105 cm³/mol. The molecule has 7 nitrogen and oxygen atoms in total. The third-order valence-electron chi connectivity index (χ3n) is 4.00. The van der Waals surface area contributed by atoms with Gasteiger partial charge in [0.25, 0.3) is 5.56 Å². The molecule has 0 spiro atoms. The molecule has 0 aliphatic carbocycles. The van der Waals surface area contributed by atoms with Gasteiger partial charge in [-0.15, -0.1) is 11.3 Å². The maximum absolute atomic E-state index is 12.2. The molecule has 0 saturated heterocycles. The smallest absolute Gasteiger partial charge is 0.312 e. The number of hydrogen-bond donors (Lipinski definition) is 0. The summed E-state index contributed by atoms with van der Waals surface area (Å²) in [4.78, 5) is 37.4. The van der Waals surface area contributed by atoms with Crippen molar-refractivity contribution in [1.82, 2.24) is 19.4 Å².